The van der Waals surface area contributed by atoms with Gasteiger partial charge < -0.3 is 5.32 Å². The van der Waals surface area contributed by atoms with Gasteiger partial charge in [-0.2, -0.15) is 5.10 Å². The van der Waals surface area contributed by atoms with E-state index in [1.165, 1.54) is 30.5 Å². The van der Waals surface area contributed by atoms with E-state index in [2.05, 4.69) is 45.0 Å². The van der Waals surface area contributed by atoms with Gasteiger partial charge in [0.15, 0.2) is 0 Å². The van der Waals surface area contributed by atoms with Gasteiger partial charge in [0.1, 0.15) is 0 Å². The first-order valence-corrected chi connectivity index (χ1v) is 7.21. The Balaban J connectivity index is 2.57. The molecular formula is C15H29N3. The lowest BCUT2D eigenvalue weighted by Gasteiger charge is -2.20. The van der Waals surface area contributed by atoms with E-state index in [4.69, 9.17) is 0 Å². The van der Waals surface area contributed by atoms with Crippen LogP contribution in [0.15, 0.2) is 0 Å². The minimum atomic E-state index is 0.624. The lowest BCUT2D eigenvalue weighted by molar-refractivity contribution is 0.383. The highest BCUT2D eigenvalue weighted by Crippen LogP contribution is 2.15. The van der Waals surface area contributed by atoms with Crippen LogP contribution in [0.25, 0.3) is 0 Å². The van der Waals surface area contributed by atoms with Crippen molar-refractivity contribution < 1.29 is 0 Å². The number of aryl methyl sites for hydroxylation is 2. The van der Waals surface area contributed by atoms with Gasteiger partial charge >= 0.3 is 0 Å². The fraction of sp³-hybridized carbons (Fsp3) is 0.800. The van der Waals surface area contributed by atoms with Gasteiger partial charge in [-0.3, -0.25) is 4.68 Å². The normalized spacial score (nSPS) is 14.8. The third kappa shape index (κ3) is 3.84. The zero-order chi connectivity index (χ0) is 13.7. The molecule has 2 atom stereocenters. The van der Waals surface area contributed by atoms with Crippen molar-refractivity contribution in [1.29, 1.82) is 0 Å². The van der Waals surface area contributed by atoms with Crippen molar-refractivity contribution in [2.24, 2.45) is 13.0 Å². The second-order valence-electron chi connectivity index (χ2n) is 5.51. The third-order valence-corrected chi connectivity index (χ3v) is 4.10. The first-order chi connectivity index (χ1) is 8.49. The molecule has 1 N–H and O–H groups in total. The molecule has 0 saturated heterocycles. The predicted molar refractivity (Wildman–Crippen MR) is 77.7 cm³/mol. The largest absolute Gasteiger partial charge is 0.310 e. The Hall–Kier alpha value is -0.830. The van der Waals surface area contributed by atoms with Crippen molar-refractivity contribution in [2.75, 3.05) is 0 Å². The van der Waals surface area contributed by atoms with E-state index in [9.17, 15) is 0 Å². The molecule has 0 amide bonds. The molecule has 0 aliphatic carbocycles. The fourth-order valence-corrected chi connectivity index (χ4v) is 2.37. The molecule has 0 bridgehead atoms. The summed E-state index contributed by atoms with van der Waals surface area (Å²) in [4.78, 5) is 0. The molecule has 0 radical (unpaired) electrons. The van der Waals surface area contributed by atoms with Crippen LogP contribution in [0.4, 0.5) is 0 Å². The number of nitrogens with zero attached hydrogens (tertiary/aromatic N) is 2. The SMILES string of the molecule is CCC(C)CC(CC)NCc1c(C)nn(C)c1C. The number of rotatable bonds is 7. The maximum Gasteiger partial charge on any atom is 0.0641 e. The summed E-state index contributed by atoms with van der Waals surface area (Å²) < 4.78 is 1.97. The first kappa shape index (κ1) is 15.2. The summed E-state index contributed by atoms with van der Waals surface area (Å²) in [6.45, 7) is 12.1. The van der Waals surface area contributed by atoms with Gasteiger partial charge in [-0.1, -0.05) is 27.2 Å². The lowest BCUT2D eigenvalue weighted by Crippen LogP contribution is -2.30. The van der Waals surface area contributed by atoms with Crippen molar-refractivity contribution in [1.82, 2.24) is 15.1 Å². The van der Waals surface area contributed by atoms with Crippen LogP contribution in [0.1, 0.15) is 57.0 Å². The highest BCUT2D eigenvalue weighted by Gasteiger charge is 2.13. The van der Waals surface area contributed by atoms with Crippen LogP contribution >= 0.6 is 0 Å². The Morgan fingerprint density at radius 3 is 2.33 bits per heavy atom. The van der Waals surface area contributed by atoms with Crippen LogP contribution in [-0.2, 0) is 13.6 Å². The Morgan fingerprint density at radius 2 is 1.89 bits per heavy atom. The van der Waals surface area contributed by atoms with Crippen LogP contribution in [0.3, 0.4) is 0 Å². The van der Waals surface area contributed by atoms with E-state index in [0.717, 1.165) is 18.2 Å². The maximum atomic E-state index is 4.47. The second-order valence-corrected chi connectivity index (χ2v) is 5.51. The maximum absolute atomic E-state index is 4.47. The summed E-state index contributed by atoms with van der Waals surface area (Å²) in [5.74, 6) is 0.804. The molecule has 2 unspecified atom stereocenters. The van der Waals surface area contributed by atoms with Crippen molar-refractivity contribution in [3.05, 3.63) is 17.0 Å². The van der Waals surface area contributed by atoms with Gasteiger partial charge in [-0.25, -0.2) is 0 Å². The Morgan fingerprint density at radius 1 is 1.22 bits per heavy atom. The molecule has 18 heavy (non-hydrogen) atoms. The molecule has 1 aromatic rings. The zero-order valence-electron chi connectivity index (χ0n) is 12.9. The zero-order valence-corrected chi connectivity index (χ0v) is 12.9. The van der Waals surface area contributed by atoms with Crippen LogP contribution in [-0.4, -0.2) is 15.8 Å². The second kappa shape index (κ2) is 6.93. The standard InChI is InChI=1S/C15H29N3/c1-7-11(3)9-14(8-2)16-10-15-12(4)17-18(6)13(15)5/h11,14,16H,7-10H2,1-6H3. The minimum Gasteiger partial charge on any atom is -0.310 e. The molecular weight excluding hydrogens is 222 g/mol. The Labute approximate surface area is 112 Å². The van der Waals surface area contributed by atoms with Gasteiger partial charge in [0.2, 0.25) is 0 Å². The summed E-state index contributed by atoms with van der Waals surface area (Å²) in [7, 11) is 2.02. The van der Waals surface area contributed by atoms with Crippen LogP contribution in [0.2, 0.25) is 0 Å². The Bertz CT molecular complexity index is 368. The van der Waals surface area contributed by atoms with Gasteiger partial charge in [-0.05, 0) is 32.6 Å². The van der Waals surface area contributed by atoms with Crippen molar-refractivity contribution in [2.45, 2.75) is 66.5 Å². The van der Waals surface area contributed by atoms with E-state index in [1.54, 1.807) is 0 Å². The molecule has 1 aromatic heterocycles. The van der Waals surface area contributed by atoms with E-state index in [0.29, 0.717) is 6.04 Å². The molecule has 0 spiro atoms. The van der Waals surface area contributed by atoms with E-state index in [1.807, 2.05) is 11.7 Å². The van der Waals surface area contributed by atoms with Gasteiger partial charge in [-0.15, -0.1) is 0 Å². The summed E-state index contributed by atoms with van der Waals surface area (Å²) in [5, 5.41) is 8.16. The Kier molecular flexibility index (Phi) is 5.86. The molecule has 1 rings (SSSR count). The molecule has 1 heterocycles. The summed E-state index contributed by atoms with van der Waals surface area (Å²) in [6, 6.07) is 0.624. The number of hydrogen-bond acceptors (Lipinski definition) is 2. The third-order valence-electron chi connectivity index (χ3n) is 4.10. The predicted octanol–water partition coefficient (Wildman–Crippen LogP) is 3.34. The van der Waals surface area contributed by atoms with Crippen LogP contribution < -0.4 is 5.32 Å². The summed E-state index contributed by atoms with van der Waals surface area (Å²) in [6.07, 6.45) is 3.73. The van der Waals surface area contributed by atoms with Crippen molar-refractivity contribution in [3.8, 4) is 0 Å². The summed E-state index contributed by atoms with van der Waals surface area (Å²) >= 11 is 0. The highest BCUT2D eigenvalue weighted by atomic mass is 15.3. The highest BCUT2D eigenvalue weighted by molar-refractivity contribution is 5.24. The molecule has 0 aromatic carbocycles. The first-order valence-electron chi connectivity index (χ1n) is 7.21. The van der Waals surface area contributed by atoms with Crippen LogP contribution in [0, 0.1) is 19.8 Å². The molecule has 104 valence electrons. The molecule has 0 aliphatic rings. The monoisotopic (exact) mass is 251 g/mol. The molecule has 3 heteroatoms. The number of nitrogens with one attached hydrogen (secondary N) is 1. The smallest absolute Gasteiger partial charge is 0.0641 e. The molecule has 0 aliphatic heterocycles. The van der Waals surface area contributed by atoms with E-state index >= 15 is 0 Å². The van der Waals surface area contributed by atoms with E-state index in [-0.39, 0.29) is 0 Å². The van der Waals surface area contributed by atoms with Gasteiger partial charge in [0.05, 0.1) is 5.69 Å². The lowest BCUT2D eigenvalue weighted by atomic mass is 9.97. The average molecular weight is 251 g/mol. The minimum absolute atomic E-state index is 0.624. The molecule has 0 fully saturated rings. The molecule has 3 nitrogen and oxygen atoms in total. The van der Waals surface area contributed by atoms with Crippen LogP contribution in [0.5, 0.6) is 0 Å². The topological polar surface area (TPSA) is 29.9 Å². The van der Waals surface area contributed by atoms with E-state index < -0.39 is 0 Å². The number of aromatic nitrogens is 2. The average Bonchev–Trinajstić information content (AvgIpc) is 2.59. The molecule has 0 saturated carbocycles. The number of hydrogen-bond donors (Lipinski definition) is 1. The fourth-order valence-electron chi connectivity index (χ4n) is 2.37. The van der Waals surface area contributed by atoms with Gasteiger partial charge in [0, 0.05) is 30.9 Å². The van der Waals surface area contributed by atoms with Gasteiger partial charge in [0.25, 0.3) is 0 Å². The van der Waals surface area contributed by atoms with Crippen molar-refractivity contribution >= 4 is 0 Å². The van der Waals surface area contributed by atoms with Crippen molar-refractivity contribution in [3.63, 3.8) is 0 Å². The quantitative estimate of drug-likeness (QED) is 0.805. The summed E-state index contributed by atoms with van der Waals surface area (Å²) in [5.41, 5.74) is 3.79.